The molecule has 0 spiro atoms. The van der Waals surface area contributed by atoms with Crippen LogP contribution in [0.2, 0.25) is 0 Å². The van der Waals surface area contributed by atoms with E-state index in [4.69, 9.17) is 18.9 Å². The molecule has 0 saturated heterocycles. The summed E-state index contributed by atoms with van der Waals surface area (Å²) in [5.41, 5.74) is 27.4. The Labute approximate surface area is 576 Å². The van der Waals surface area contributed by atoms with E-state index < -0.39 is 0 Å². The highest BCUT2D eigenvalue weighted by molar-refractivity contribution is 7.03. The van der Waals surface area contributed by atoms with Crippen LogP contribution in [0.5, 0.6) is 46.0 Å². The maximum absolute atomic E-state index is 7.77. The Balaban J connectivity index is 0.841. The molecule has 0 unspecified atom stereocenters. The zero-order chi connectivity index (χ0) is 65.6. The van der Waals surface area contributed by atoms with E-state index in [1.165, 1.54) is 5.56 Å². The lowest BCUT2D eigenvalue weighted by molar-refractivity contribution is 0.465. The number of aryl methyl sites for hydroxylation is 3. The number of anilines is 14. The van der Waals surface area contributed by atoms with Crippen LogP contribution in [0, 0.1) is 20.8 Å². The van der Waals surface area contributed by atoms with Crippen molar-refractivity contribution in [3.05, 3.63) is 320 Å². The third-order valence-corrected chi connectivity index (χ3v) is 20.6. The molecule has 20 rings (SSSR count). The van der Waals surface area contributed by atoms with Gasteiger partial charge in [0.2, 0.25) is 0 Å². The third kappa shape index (κ3) is 8.98. The van der Waals surface area contributed by atoms with Crippen molar-refractivity contribution in [2.75, 3.05) is 24.9 Å². The molecule has 0 amide bonds. The number of para-hydroxylation sites is 8. The molecule has 14 aromatic rings. The summed E-state index contributed by atoms with van der Waals surface area (Å²) in [5, 5.41) is 4.06. The fourth-order valence-corrected chi connectivity index (χ4v) is 16.7. The molecule has 0 aromatic heterocycles. The Hall–Kier alpha value is -12.5. The first-order valence-electron chi connectivity index (χ1n) is 34.0. The lowest BCUT2D eigenvalue weighted by Gasteiger charge is -2.44. The van der Waals surface area contributed by atoms with Crippen LogP contribution < -0.4 is 93.0 Å². The van der Waals surface area contributed by atoms with E-state index in [0.29, 0.717) is 0 Å². The number of ether oxygens (including phenoxy) is 4. The van der Waals surface area contributed by atoms with E-state index in [9.17, 15) is 0 Å². The molecule has 0 radical (unpaired) electrons. The van der Waals surface area contributed by atoms with Crippen LogP contribution in [0.4, 0.5) is 79.6 Å². The summed E-state index contributed by atoms with van der Waals surface area (Å²) < 4.78 is 29.7. The maximum Gasteiger partial charge on any atom is 0.260 e. The Morgan fingerprint density at radius 1 is 0.263 bits per heavy atom. The minimum absolute atomic E-state index is 0.196. The highest BCUT2D eigenvalue weighted by Gasteiger charge is 2.49. The normalized spacial score (nSPS) is 13.1. The van der Waals surface area contributed by atoms with Gasteiger partial charge in [0.1, 0.15) is 46.0 Å². The Morgan fingerprint density at radius 3 is 1.10 bits per heavy atom. The second-order valence-electron chi connectivity index (χ2n) is 26.6. The second kappa shape index (κ2) is 22.3. The van der Waals surface area contributed by atoms with Crippen LogP contribution >= 0.6 is 0 Å². The van der Waals surface area contributed by atoms with Crippen LogP contribution in [0.3, 0.4) is 0 Å². The van der Waals surface area contributed by atoms with Crippen molar-refractivity contribution in [2.45, 2.75) is 20.8 Å². The van der Waals surface area contributed by atoms with Gasteiger partial charge in [-0.25, -0.2) is 0 Å². The monoisotopic (exact) mass is 1270 g/mol. The minimum atomic E-state index is -0.338. The second-order valence-corrected chi connectivity index (χ2v) is 26.6. The van der Waals surface area contributed by atoms with Crippen molar-refractivity contribution in [2.24, 2.45) is 0 Å². The zero-order valence-corrected chi connectivity index (χ0v) is 54.5. The highest BCUT2D eigenvalue weighted by atomic mass is 16.5. The van der Waals surface area contributed by atoms with E-state index >= 15 is 0 Å². The smallest absolute Gasteiger partial charge is 0.260 e. The third-order valence-electron chi connectivity index (χ3n) is 20.6. The standard InChI is InChI=1S/C87H60B3N5O4/c1-54-42-55(2)87(56(3)43-54)95-74-53-79-71(89-67-39-23-25-41-77(67)97-82-48-65(49-83(99-79)86(82)89)94(61-34-18-8-19-35-61)62-36-20-9-21-37-62)51-69(74)90-70-50-68-72(52-78(70)98-81-47-64(45-75(95)85(81)90)93(59-30-14-6-15-31-59)60-32-16-7-17-33-60)91-73-44-63(46-80-84(73)88(68)66-38-22-24-40-76(66)96-80)92(57-26-10-4-11-27-57)58-28-12-5-13-29-58/h4-53,91H,1-3H3. The molecule has 466 valence electrons. The molecule has 14 aromatic carbocycles. The molecule has 1 N–H and O–H groups in total. The van der Waals surface area contributed by atoms with Gasteiger partial charge >= 0.3 is 0 Å². The molecule has 6 aliphatic heterocycles. The Kier molecular flexibility index (Phi) is 12.8. The van der Waals surface area contributed by atoms with Crippen molar-refractivity contribution in [3.8, 4) is 46.0 Å². The van der Waals surface area contributed by atoms with Crippen LogP contribution in [0.15, 0.2) is 303 Å². The molecule has 6 heterocycles. The van der Waals surface area contributed by atoms with E-state index in [2.05, 4.69) is 349 Å². The number of rotatable bonds is 10. The van der Waals surface area contributed by atoms with E-state index in [0.717, 1.165) is 186 Å². The summed E-state index contributed by atoms with van der Waals surface area (Å²) in [5.74, 6) is 6.29. The first kappa shape index (κ1) is 56.8. The summed E-state index contributed by atoms with van der Waals surface area (Å²) >= 11 is 0. The van der Waals surface area contributed by atoms with Crippen molar-refractivity contribution >= 4 is 149 Å². The van der Waals surface area contributed by atoms with Crippen molar-refractivity contribution in [3.63, 3.8) is 0 Å². The molecule has 0 fully saturated rings. The van der Waals surface area contributed by atoms with Crippen LogP contribution in [0.1, 0.15) is 16.7 Å². The summed E-state index contributed by atoms with van der Waals surface area (Å²) in [6.07, 6.45) is 0. The van der Waals surface area contributed by atoms with Gasteiger partial charge in [-0.2, -0.15) is 0 Å². The first-order valence-corrected chi connectivity index (χ1v) is 34.0. The van der Waals surface area contributed by atoms with Crippen LogP contribution in [-0.2, 0) is 0 Å². The van der Waals surface area contributed by atoms with Gasteiger partial charge in [-0.15, -0.1) is 0 Å². The summed E-state index contributed by atoms with van der Waals surface area (Å²) in [6, 6.07) is 108. The summed E-state index contributed by atoms with van der Waals surface area (Å²) in [6.45, 7) is 5.91. The molecule has 0 bridgehead atoms. The molecule has 6 aliphatic rings. The van der Waals surface area contributed by atoms with Gasteiger partial charge in [0, 0.05) is 98.7 Å². The number of nitrogens with one attached hydrogen (secondary N) is 1. The van der Waals surface area contributed by atoms with Crippen molar-refractivity contribution in [1.82, 2.24) is 0 Å². The van der Waals surface area contributed by atoms with E-state index in [1.807, 2.05) is 0 Å². The van der Waals surface area contributed by atoms with Crippen LogP contribution in [-0.4, -0.2) is 20.1 Å². The van der Waals surface area contributed by atoms with E-state index in [1.54, 1.807) is 0 Å². The predicted octanol–water partition coefficient (Wildman–Crippen LogP) is 16.8. The summed E-state index contributed by atoms with van der Waals surface area (Å²) in [7, 11) is 0. The van der Waals surface area contributed by atoms with Crippen LogP contribution in [0.25, 0.3) is 0 Å². The molecule has 0 atom stereocenters. The number of hydrogen-bond acceptors (Lipinski definition) is 9. The summed E-state index contributed by atoms with van der Waals surface area (Å²) in [4.78, 5) is 9.46. The molecule has 0 aliphatic carbocycles. The molecule has 0 saturated carbocycles. The lowest BCUT2D eigenvalue weighted by Crippen LogP contribution is -2.64. The SMILES string of the molecule is Cc1cc(C)c(N2c3cc4c(cc3B3c5cc6c(cc5Oc5cc(N(c7ccccc7)c7ccccc7)cc2c53)Nc2cc(N(c3ccccc3)c3ccccc3)cc3c2B6c2ccccc2O3)B2c3ccccc3Oc3cc(N(c5ccccc5)c5ccccc5)cc(c32)O4)c(C)c1. The Morgan fingerprint density at radius 2 is 0.626 bits per heavy atom. The molecule has 12 heteroatoms. The van der Waals surface area contributed by atoms with Gasteiger partial charge < -0.3 is 43.9 Å². The molecular formula is C87H60B3N5O4. The van der Waals surface area contributed by atoms with Gasteiger partial charge in [-0.1, -0.05) is 175 Å². The number of hydrogen-bond donors (Lipinski definition) is 1. The molecular weight excluding hydrogens is 1210 g/mol. The van der Waals surface area contributed by atoms with Gasteiger partial charge in [0.15, 0.2) is 0 Å². The first-order chi connectivity index (χ1) is 48.8. The van der Waals surface area contributed by atoms with E-state index in [-0.39, 0.29) is 20.1 Å². The highest BCUT2D eigenvalue weighted by Crippen LogP contribution is 2.51. The van der Waals surface area contributed by atoms with Crippen molar-refractivity contribution in [1.29, 1.82) is 0 Å². The minimum Gasteiger partial charge on any atom is -0.458 e. The predicted molar refractivity (Wildman–Crippen MR) is 409 cm³/mol. The van der Waals surface area contributed by atoms with Crippen molar-refractivity contribution < 1.29 is 18.9 Å². The molecule has 99 heavy (non-hydrogen) atoms. The zero-order valence-electron chi connectivity index (χ0n) is 54.5. The number of benzene rings is 14. The average molecular weight is 1270 g/mol. The quantitative estimate of drug-likeness (QED) is 0.135. The average Bonchev–Trinajstić information content (AvgIpc) is 0.694. The van der Waals surface area contributed by atoms with Gasteiger partial charge in [-0.3, -0.25) is 0 Å². The van der Waals surface area contributed by atoms with Gasteiger partial charge in [0.25, 0.3) is 20.1 Å². The topological polar surface area (TPSA) is 61.9 Å². The molecule has 9 nitrogen and oxygen atoms in total. The maximum atomic E-state index is 7.77. The van der Waals surface area contributed by atoms with Gasteiger partial charge in [0.05, 0.1) is 22.7 Å². The number of fused-ring (bicyclic) bond motifs is 12. The van der Waals surface area contributed by atoms with Gasteiger partial charge in [-0.05, 0) is 173 Å². The largest absolute Gasteiger partial charge is 0.458 e. The lowest BCUT2D eigenvalue weighted by atomic mass is 9.30. The fourth-order valence-electron chi connectivity index (χ4n) is 16.7. The number of nitrogens with zero attached hydrogens (tertiary/aromatic N) is 4. The fraction of sp³-hybridized carbons (Fsp3) is 0.0345. The Bertz CT molecular complexity index is 5490.